The van der Waals surface area contributed by atoms with Gasteiger partial charge in [0.2, 0.25) is 0 Å². The number of hydrogen-bond acceptors (Lipinski definition) is 0. The molecule has 0 fully saturated rings. The second-order valence-electron chi connectivity index (χ2n) is 5.75. The normalized spacial score (nSPS) is 22.2. The van der Waals surface area contributed by atoms with Crippen LogP contribution in [0.5, 0.6) is 0 Å². The molecule has 1 aromatic carbocycles. The summed E-state index contributed by atoms with van der Waals surface area (Å²) in [5, 5.41) is 0.403. The Morgan fingerprint density at radius 2 is 1.88 bits per heavy atom. The van der Waals surface area contributed by atoms with Gasteiger partial charge in [-0.1, -0.05) is 50.4 Å². The van der Waals surface area contributed by atoms with Gasteiger partial charge in [-0.3, -0.25) is 0 Å². The monoisotopic (exact) mass is 320 g/mol. The average Bonchev–Trinajstić information content (AvgIpc) is 2.40. The number of fused-ring (bicyclic) bond motifs is 1. The molecular weight excluding hydrogens is 304 g/mol. The van der Waals surface area contributed by atoms with Crippen molar-refractivity contribution in [1.82, 2.24) is 0 Å². The number of benzene rings is 1. The molecular formula is C13H18BrClS. The van der Waals surface area contributed by atoms with Gasteiger partial charge in [-0.25, -0.2) is 8.37 Å². The first-order valence-electron chi connectivity index (χ1n) is 5.36. The van der Waals surface area contributed by atoms with Crippen LogP contribution in [0.15, 0.2) is 28.2 Å². The van der Waals surface area contributed by atoms with E-state index in [0.717, 1.165) is 0 Å². The summed E-state index contributed by atoms with van der Waals surface area (Å²) in [6, 6.07) is 6.40. The highest BCUT2D eigenvalue weighted by atomic mass is 79.9. The highest BCUT2D eigenvalue weighted by Crippen LogP contribution is 2.78. The van der Waals surface area contributed by atoms with Crippen LogP contribution in [0.2, 0.25) is 0 Å². The summed E-state index contributed by atoms with van der Waals surface area (Å²) in [6.07, 6.45) is 8.95. The summed E-state index contributed by atoms with van der Waals surface area (Å²) < 4.78 is 1.17. The second-order valence-corrected chi connectivity index (χ2v) is 16.2. The van der Waals surface area contributed by atoms with Gasteiger partial charge in [0.25, 0.3) is 0 Å². The molecule has 0 amide bonds. The molecule has 1 unspecified atom stereocenters. The smallest absolute Gasteiger partial charge is 0.0328 e. The van der Waals surface area contributed by atoms with Crippen molar-refractivity contribution in [3.05, 3.63) is 39.4 Å². The van der Waals surface area contributed by atoms with Crippen LogP contribution >= 0.6 is 35.0 Å². The minimum absolute atomic E-state index is 0.403. The molecule has 90 valence electrons. The Bertz CT molecular complexity index is 473. The fourth-order valence-electron chi connectivity index (χ4n) is 2.65. The van der Waals surface area contributed by atoms with Crippen LogP contribution in [0.4, 0.5) is 0 Å². The largest absolute Gasteiger partial charge is 0.221 e. The Morgan fingerprint density at radius 1 is 1.25 bits per heavy atom. The van der Waals surface area contributed by atoms with Crippen molar-refractivity contribution in [2.45, 2.75) is 12.2 Å². The maximum atomic E-state index is 6.84. The molecule has 0 aliphatic heterocycles. The van der Waals surface area contributed by atoms with Crippen molar-refractivity contribution in [2.24, 2.45) is 0 Å². The van der Waals surface area contributed by atoms with Crippen molar-refractivity contribution >= 4 is 41.1 Å². The van der Waals surface area contributed by atoms with Crippen molar-refractivity contribution in [3.8, 4) is 0 Å². The van der Waals surface area contributed by atoms with Gasteiger partial charge in [-0.2, -0.15) is 0 Å². The Balaban J connectivity index is 2.65. The van der Waals surface area contributed by atoms with Crippen LogP contribution in [0, 0.1) is 0 Å². The van der Waals surface area contributed by atoms with Gasteiger partial charge >= 0.3 is 0 Å². The zero-order valence-electron chi connectivity index (χ0n) is 10.1. The Labute approximate surface area is 111 Å². The molecule has 0 bridgehead atoms. The average molecular weight is 322 g/mol. The van der Waals surface area contributed by atoms with Gasteiger partial charge in [-0.05, 0) is 42.9 Å². The fourth-order valence-corrected chi connectivity index (χ4v) is 6.54. The summed E-state index contributed by atoms with van der Waals surface area (Å²) >= 11 is 3.61. The van der Waals surface area contributed by atoms with Crippen LogP contribution in [-0.4, -0.2) is 18.8 Å². The molecule has 16 heavy (non-hydrogen) atoms. The molecule has 0 heterocycles. The van der Waals surface area contributed by atoms with Gasteiger partial charge in [0.15, 0.2) is 0 Å². The van der Waals surface area contributed by atoms with E-state index < -0.39 is 8.37 Å². The summed E-state index contributed by atoms with van der Waals surface area (Å²) in [5.74, 6) is 0. The summed E-state index contributed by atoms with van der Waals surface area (Å²) in [7, 11) is 4.70. The SMILES string of the molecule is CC1=Cc2c(Br)cccc2C1[SH](C)(C)(C)Cl. The molecule has 0 radical (unpaired) electrons. The molecule has 1 aliphatic rings. The minimum atomic E-state index is -2.15. The first kappa shape index (κ1) is 12.5. The lowest BCUT2D eigenvalue weighted by atomic mass is 10.1. The maximum absolute atomic E-state index is 6.84. The van der Waals surface area contributed by atoms with Gasteiger partial charge in [0, 0.05) is 9.72 Å². The minimum Gasteiger partial charge on any atom is -0.221 e. The van der Waals surface area contributed by atoms with E-state index in [1.165, 1.54) is 21.2 Å². The van der Waals surface area contributed by atoms with E-state index in [0.29, 0.717) is 5.25 Å². The number of thiol groups is 1. The van der Waals surface area contributed by atoms with E-state index in [-0.39, 0.29) is 0 Å². The third-order valence-corrected chi connectivity index (χ3v) is 6.76. The number of halogens is 2. The molecule has 1 aliphatic carbocycles. The van der Waals surface area contributed by atoms with Crippen molar-refractivity contribution in [1.29, 1.82) is 0 Å². The number of hydrogen-bond donors (Lipinski definition) is 1. The van der Waals surface area contributed by atoms with Crippen LogP contribution in [0.3, 0.4) is 0 Å². The van der Waals surface area contributed by atoms with Crippen molar-refractivity contribution in [2.75, 3.05) is 18.8 Å². The molecule has 0 saturated carbocycles. The topological polar surface area (TPSA) is 0 Å². The lowest BCUT2D eigenvalue weighted by Gasteiger charge is -2.51. The van der Waals surface area contributed by atoms with E-state index in [9.17, 15) is 0 Å². The predicted molar refractivity (Wildman–Crippen MR) is 83.1 cm³/mol. The molecule has 0 N–H and O–H groups in total. The number of rotatable bonds is 1. The third-order valence-electron chi connectivity index (χ3n) is 3.06. The van der Waals surface area contributed by atoms with E-state index in [2.05, 4.69) is 65.9 Å². The molecule has 1 atom stereocenters. The molecule has 0 aromatic heterocycles. The molecule has 1 aromatic rings. The van der Waals surface area contributed by atoms with Crippen LogP contribution in [-0.2, 0) is 0 Å². The van der Waals surface area contributed by atoms with Gasteiger partial charge in [-0.15, -0.1) is 0 Å². The zero-order chi connectivity index (χ0) is 12.2. The molecule has 0 saturated heterocycles. The fraction of sp³-hybridized carbons (Fsp3) is 0.385. The maximum Gasteiger partial charge on any atom is 0.0328 e. The summed E-state index contributed by atoms with van der Waals surface area (Å²) in [4.78, 5) is 0. The van der Waals surface area contributed by atoms with Crippen molar-refractivity contribution in [3.63, 3.8) is 0 Å². The van der Waals surface area contributed by atoms with Crippen molar-refractivity contribution < 1.29 is 0 Å². The third kappa shape index (κ3) is 2.07. The first-order valence-corrected chi connectivity index (χ1v) is 10.7. The first-order chi connectivity index (χ1) is 7.17. The molecule has 2 rings (SSSR count). The lowest BCUT2D eigenvalue weighted by Crippen LogP contribution is -2.15. The van der Waals surface area contributed by atoms with Crippen LogP contribution in [0.1, 0.15) is 23.3 Å². The van der Waals surface area contributed by atoms with Crippen LogP contribution < -0.4 is 0 Å². The molecule has 0 nitrogen and oxygen atoms in total. The second kappa shape index (κ2) is 3.54. The van der Waals surface area contributed by atoms with E-state index in [1.807, 2.05) is 0 Å². The lowest BCUT2D eigenvalue weighted by molar-refractivity contribution is 1.13. The highest BCUT2D eigenvalue weighted by molar-refractivity contribution is 9.10. The highest BCUT2D eigenvalue weighted by Gasteiger charge is 2.39. The predicted octanol–water partition coefficient (Wildman–Crippen LogP) is 5.02. The van der Waals surface area contributed by atoms with E-state index in [4.69, 9.17) is 10.7 Å². The standard InChI is InChI=1S/C13H18BrClS/c1-9-8-11-10(6-5-7-12(11)14)13(9)16(2,3,4)15/h5-8,13,16H,1-4H3. The van der Waals surface area contributed by atoms with Crippen LogP contribution in [0.25, 0.3) is 6.08 Å². The van der Waals surface area contributed by atoms with Gasteiger partial charge in [0.1, 0.15) is 0 Å². The zero-order valence-corrected chi connectivity index (χ0v) is 13.3. The molecule has 0 spiro atoms. The summed E-state index contributed by atoms with van der Waals surface area (Å²) in [5.41, 5.74) is 4.08. The molecule has 3 heteroatoms. The van der Waals surface area contributed by atoms with E-state index >= 15 is 0 Å². The van der Waals surface area contributed by atoms with Gasteiger partial charge < -0.3 is 0 Å². The summed E-state index contributed by atoms with van der Waals surface area (Å²) in [6.45, 7) is 2.19. The van der Waals surface area contributed by atoms with E-state index in [1.54, 1.807) is 0 Å². The quantitative estimate of drug-likeness (QED) is 0.690. The van der Waals surface area contributed by atoms with Gasteiger partial charge in [0.05, 0.1) is 0 Å². The Morgan fingerprint density at radius 3 is 2.44 bits per heavy atom. The Kier molecular flexibility index (Phi) is 2.77. The Hall–Kier alpha value is 0.0800.